The second kappa shape index (κ2) is 3.11. The van der Waals surface area contributed by atoms with Crippen molar-refractivity contribution in [3.8, 4) is 0 Å². The number of pyridine rings is 1. The largest absolute Gasteiger partial charge is 0.357 e. The van der Waals surface area contributed by atoms with E-state index in [9.17, 15) is 0 Å². The second-order valence-electron chi connectivity index (χ2n) is 2.99. The van der Waals surface area contributed by atoms with Crippen LogP contribution in [0, 0.1) is 0 Å². The molecule has 0 aromatic carbocycles. The Morgan fingerprint density at radius 1 is 1.67 bits per heavy atom. The minimum Gasteiger partial charge on any atom is -0.357 e. The molecule has 1 aromatic rings. The van der Waals surface area contributed by atoms with E-state index >= 15 is 0 Å². The lowest BCUT2D eigenvalue weighted by atomic mass is 10.2. The van der Waals surface area contributed by atoms with Crippen LogP contribution in [0.25, 0.3) is 0 Å². The summed E-state index contributed by atoms with van der Waals surface area (Å²) in [6, 6.07) is 4.11. The van der Waals surface area contributed by atoms with Crippen molar-refractivity contribution in [2.45, 2.75) is 13.5 Å². The van der Waals surface area contributed by atoms with Gasteiger partial charge in [0.05, 0.1) is 6.67 Å². The molecule has 1 aliphatic rings. The minimum atomic E-state index is 0.917. The Morgan fingerprint density at radius 2 is 2.58 bits per heavy atom. The van der Waals surface area contributed by atoms with Gasteiger partial charge in [-0.1, -0.05) is 13.0 Å². The highest BCUT2D eigenvalue weighted by Gasteiger charge is 2.13. The Balaban J connectivity index is 2.23. The predicted octanol–water partition coefficient (Wildman–Crippen LogP) is 1.29. The average molecular weight is 163 g/mol. The van der Waals surface area contributed by atoms with Crippen molar-refractivity contribution in [1.29, 1.82) is 0 Å². The third-order valence-electron chi connectivity index (χ3n) is 2.20. The first-order valence-electron chi connectivity index (χ1n) is 4.30. The van der Waals surface area contributed by atoms with Crippen LogP contribution < -0.4 is 5.32 Å². The third-order valence-corrected chi connectivity index (χ3v) is 2.20. The van der Waals surface area contributed by atoms with E-state index in [1.54, 1.807) is 0 Å². The first-order chi connectivity index (χ1) is 5.90. The summed E-state index contributed by atoms with van der Waals surface area (Å²) in [6.07, 6.45) is 1.83. The van der Waals surface area contributed by atoms with Crippen LogP contribution in [0.4, 0.5) is 5.82 Å². The van der Waals surface area contributed by atoms with Gasteiger partial charge >= 0.3 is 0 Å². The maximum absolute atomic E-state index is 4.25. The number of hydrogen-bond acceptors (Lipinski definition) is 3. The van der Waals surface area contributed by atoms with Gasteiger partial charge in [0, 0.05) is 18.3 Å². The minimum absolute atomic E-state index is 0.917. The average Bonchev–Trinajstić information content (AvgIpc) is 2.17. The van der Waals surface area contributed by atoms with Gasteiger partial charge in [-0.25, -0.2) is 4.98 Å². The second-order valence-corrected chi connectivity index (χ2v) is 2.99. The van der Waals surface area contributed by atoms with Gasteiger partial charge in [-0.2, -0.15) is 0 Å². The fraction of sp³-hybridized carbons (Fsp3) is 0.444. The van der Waals surface area contributed by atoms with Crippen molar-refractivity contribution in [3.63, 3.8) is 0 Å². The van der Waals surface area contributed by atoms with E-state index in [2.05, 4.69) is 28.2 Å². The molecule has 0 fully saturated rings. The molecule has 2 heterocycles. The molecule has 0 saturated heterocycles. The van der Waals surface area contributed by atoms with E-state index < -0.39 is 0 Å². The lowest BCUT2D eigenvalue weighted by molar-refractivity contribution is 0.290. The van der Waals surface area contributed by atoms with E-state index in [4.69, 9.17) is 0 Å². The van der Waals surface area contributed by atoms with Crippen molar-refractivity contribution in [1.82, 2.24) is 9.88 Å². The molecule has 3 heteroatoms. The summed E-state index contributed by atoms with van der Waals surface area (Å²) in [5, 5.41) is 3.28. The summed E-state index contributed by atoms with van der Waals surface area (Å²) >= 11 is 0. The summed E-state index contributed by atoms with van der Waals surface area (Å²) in [5.74, 6) is 1.04. The Hall–Kier alpha value is -1.09. The molecule has 0 bridgehead atoms. The summed E-state index contributed by atoms with van der Waals surface area (Å²) in [7, 11) is 0. The van der Waals surface area contributed by atoms with Crippen molar-refractivity contribution in [2.24, 2.45) is 0 Å². The molecule has 1 aromatic heterocycles. The molecule has 0 amide bonds. The fourth-order valence-electron chi connectivity index (χ4n) is 1.43. The van der Waals surface area contributed by atoms with Crippen LogP contribution in [0.2, 0.25) is 0 Å². The highest BCUT2D eigenvalue weighted by Crippen LogP contribution is 2.17. The van der Waals surface area contributed by atoms with E-state index in [0.29, 0.717) is 0 Å². The van der Waals surface area contributed by atoms with Crippen molar-refractivity contribution in [3.05, 3.63) is 23.9 Å². The number of nitrogens with zero attached hydrogens (tertiary/aromatic N) is 2. The van der Waals surface area contributed by atoms with Gasteiger partial charge in [0.25, 0.3) is 0 Å². The van der Waals surface area contributed by atoms with Gasteiger partial charge in [0.15, 0.2) is 0 Å². The smallest absolute Gasteiger partial charge is 0.131 e. The zero-order valence-electron chi connectivity index (χ0n) is 7.25. The Morgan fingerprint density at radius 3 is 3.42 bits per heavy atom. The van der Waals surface area contributed by atoms with Crippen LogP contribution >= 0.6 is 0 Å². The standard InChI is InChI=1S/C9H13N3/c1-2-12-6-8-4-3-5-10-9(8)11-7-12/h3-5H,2,6-7H2,1H3,(H,10,11). The van der Waals surface area contributed by atoms with Gasteiger partial charge in [0.1, 0.15) is 5.82 Å². The van der Waals surface area contributed by atoms with Gasteiger partial charge in [0.2, 0.25) is 0 Å². The highest BCUT2D eigenvalue weighted by atomic mass is 15.3. The fourth-order valence-corrected chi connectivity index (χ4v) is 1.43. The zero-order valence-corrected chi connectivity index (χ0v) is 7.25. The summed E-state index contributed by atoms with van der Waals surface area (Å²) in [6.45, 7) is 5.19. The lowest BCUT2D eigenvalue weighted by Crippen LogP contribution is -2.33. The number of anilines is 1. The Kier molecular flexibility index (Phi) is 1.96. The van der Waals surface area contributed by atoms with Crippen LogP contribution in [0.1, 0.15) is 12.5 Å². The van der Waals surface area contributed by atoms with Crippen molar-refractivity contribution in [2.75, 3.05) is 18.5 Å². The summed E-state index contributed by atoms with van der Waals surface area (Å²) in [4.78, 5) is 6.59. The predicted molar refractivity (Wildman–Crippen MR) is 48.8 cm³/mol. The number of rotatable bonds is 1. The van der Waals surface area contributed by atoms with Crippen LogP contribution in [0.5, 0.6) is 0 Å². The summed E-state index contributed by atoms with van der Waals surface area (Å²) in [5.41, 5.74) is 1.30. The molecule has 1 aliphatic heterocycles. The molecule has 0 saturated carbocycles. The molecule has 0 unspecified atom stereocenters. The van der Waals surface area contributed by atoms with Gasteiger partial charge < -0.3 is 5.32 Å². The molecule has 12 heavy (non-hydrogen) atoms. The molecular weight excluding hydrogens is 150 g/mol. The molecule has 0 aliphatic carbocycles. The van der Waals surface area contributed by atoms with Gasteiger partial charge in [-0.15, -0.1) is 0 Å². The van der Waals surface area contributed by atoms with E-state index in [1.165, 1.54) is 5.56 Å². The molecule has 64 valence electrons. The molecule has 0 atom stereocenters. The first kappa shape index (κ1) is 7.55. The maximum Gasteiger partial charge on any atom is 0.131 e. The molecular formula is C9H13N3. The summed E-state index contributed by atoms with van der Waals surface area (Å²) < 4.78 is 0. The lowest BCUT2D eigenvalue weighted by Gasteiger charge is -2.27. The normalized spacial score (nSPS) is 16.8. The van der Waals surface area contributed by atoms with Gasteiger partial charge in [-0.3, -0.25) is 4.90 Å². The van der Waals surface area contributed by atoms with E-state index in [1.807, 2.05) is 12.3 Å². The van der Waals surface area contributed by atoms with Crippen molar-refractivity contribution >= 4 is 5.82 Å². The van der Waals surface area contributed by atoms with Crippen molar-refractivity contribution < 1.29 is 0 Å². The molecule has 3 nitrogen and oxygen atoms in total. The zero-order chi connectivity index (χ0) is 8.39. The van der Waals surface area contributed by atoms with E-state index in [-0.39, 0.29) is 0 Å². The van der Waals surface area contributed by atoms with E-state index in [0.717, 1.165) is 25.6 Å². The number of nitrogens with one attached hydrogen (secondary N) is 1. The van der Waals surface area contributed by atoms with Crippen LogP contribution in [-0.4, -0.2) is 23.1 Å². The quantitative estimate of drug-likeness (QED) is 0.676. The van der Waals surface area contributed by atoms with Crippen LogP contribution in [-0.2, 0) is 6.54 Å². The Bertz CT molecular complexity index is 272. The van der Waals surface area contributed by atoms with Crippen LogP contribution in [0.3, 0.4) is 0 Å². The third kappa shape index (κ3) is 1.28. The molecule has 2 rings (SSSR count). The first-order valence-corrected chi connectivity index (χ1v) is 4.30. The number of hydrogen-bond donors (Lipinski definition) is 1. The maximum atomic E-state index is 4.25. The number of fused-ring (bicyclic) bond motifs is 1. The monoisotopic (exact) mass is 163 g/mol. The van der Waals surface area contributed by atoms with Gasteiger partial charge in [-0.05, 0) is 12.6 Å². The highest BCUT2D eigenvalue weighted by molar-refractivity contribution is 5.45. The Labute approximate surface area is 72.4 Å². The molecule has 0 spiro atoms. The van der Waals surface area contributed by atoms with Crippen LogP contribution in [0.15, 0.2) is 18.3 Å². The molecule has 1 N–H and O–H groups in total. The number of aromatic nitrogens is 1. The topological polar surface area (TPSA) is 28.2 Å². The SMILES string of the molecule is CCN1CNc2ncccc2C1. The molecule has 0 radical (unpaired) electrons.